The van der Waals surface area contributed by atoms with Crippen molar-refractivity contribution in [3.63, 3.8) is 0 Å². The first-order valence-corrected chi connectivity index (χ1v) is 8.29. The van der Waals surface area contributed by atoms with Crippen molar-refractivity contribution in [3.05, 3.63) is 66.1 Å². The van der Waals surface area contributed by atoms with Crippen molar-refractivity contribution in [2.75, 3.05) is 19.5 Å². The minimum atomic E-state index is -0.585. The first kappa shape index (κ1) is 18.4. The van der Waals surface area contributed by atoms with Crippen molar-refractivity contribution in [2.45, 2.75) is 12.5 Å². The van der Waals surface area contributed by atoms with Gasteiger partial charge in [-0.05, 0) is 35.9 Å². The molecule has 7 heteroatoms. The van der Waals surface area contributed by atoms with Gasteiger partial charge in [-0.15, -0.1) is 0 Å². The van der Waals surface area contributed by atoms with Gasteiger partial charge in [-0.25, -0.2) is 9.18 Å². The second-order valence-corrected chi connectivity index (χ2v) is 5.96. The second-order valence-electron chi connectivity index (χ2n) is 5.96. The molecule has 0 saturated heterocycles. The molecule has 0 radical (unpaired) electrons. The van der Waals surface area contributed by atoms with Gasteiger partial charge in [0, 0.05) is 24.4 Å². The average molecular weight is 370 g/mol. The maximum atomic E-state index is 13.6. The number of hydrogen-bond donors (Lipinski definition) is 1. The fourth-order valence-corrected chi connectivity index (χ4v) is 2.93. The van der Waals surface area contributed by atoms with Gasteiger partial charge in [-0.3, -0.25) is 9.69 Å². The van der Waals surface area contributed by atoms with Crippen molar-refractivity contribution in [1.82, 2.24) is 4.90 Å². The minimum absolute atomic E-state index is 0.0826. The van der Waals surface area contributed by atoms with Crippen LogP contribution in [-0.4, -0.2) is 30.9 Å². The number of anilines is 1. The molecule has 0 saturated carbocycles. The molecule has 2 aromatic rings. The Morgan fingerprint density at radius 3 is 2.63 bits per heavy atom. The van der Waals surface area contributed by atoms with Crippen LogP contribution in [0.3, 0.4) is 0 Å². The summed E-state index contributed by atoms with van der Waals surface area (Å²) in [7, 11) is 3.03. The summed E-state index contributed by atoms with van der Waals surface area (Å²) >= 11 is 0. The largest absolute Gasteiger partial charge is 0.493 e. The number of rotatable bonds is 4. The van der Waals surface area contributed by atoms with Crippen LogP contribution in [0.1, 0.15) is 18.0 Å². The summed E-state index contributed by atoms with van der Waals surface area (Å²) in [4.78, 5) is 26.0. The number of urea groups is 1. The van der Waals surface area contributed by atoms with Gasteiger partial charge in [0.05, 0.1) is 20.3 Å². The quantitative estimate of drug-likeness (QED) is 0.886. The predicted octanol–water partition coefficient (Wildman–Crippen LogP) is 3.90. The number of hydrogen-bond acceptors (Lipinski definition) is 4. The highest BCUT2D eigenvalue weighted by Gasteiger charge is 2.29. The van der Waals surface area contributed by atoms with Crippen LogP contribution in [0.15, 0.2) is 54.7 Å². The van der Waals surface area contributed by atoms with Crippen LogP contribution in [0, 0.1) is 5.82 Å². The third-order valence-corrected chi connectivity index (χ3v) is 4.25. The van der Waals surface area contributed by atoms with Crippen LogP contribution in [0.2, 0.25) is 0 Å². The number of ketones is 1. The van der Waals surface area contributed by atoms with E-state index in [2.05, 4.69) is 5.32 Å². The van der Waals surface area contributed by atoms with E-state index < -0.39 is 17.9 Å². The Morgan fingerprint density at radius 1 is 1.15 bits per heavy atom. The molecule has 3 rings (SSSR count). The Morgan fingerprint density at radius 2 is 1.93 bits per heavy atom. The van der Waals surface area contributed by atoms with Crippen molar-refractivity contribution in [2.24, 2.45) is 0 Å². The highest BCUT2D eigenvalue weighted by molar-refractivity contribution is 5.96. The molecule has 6 nitrogen and oxygen atoms in total. The minimum Gasteiger partial charge on any atom is -0.493 e. The summed E-state index contributed by atoms with van der Waals surface area (Å²) < 4.78 is 24.0. The highest BCUT2D eigenvalue weighted by atomic mass is 19.1. The predicted molar refractivity (Wildman–Crippen MR) is 98.3 cm³/mol. The molecule has 0 aliphatic carbocycles. The van der Waals surface area contributed by atoms with Crippen molar-refractivity contribution < 1.29 is 23.5 Å². The number of amides is 2. The molecule has 1 atom stereocenters. The van der Waals surface area contributed by atoms with E-state index >= 15 is 0 Å². The van der Waals surface area contributed by atoms with E-state index in [9.17, 15) is 14.0 Å². The molecule has 0 bridgehead atoms. The van der Waals surface area contributed by atoms with E-state index in [1.165, 1.54) is 43.5 Å². The molecule has 27 heavy (non-hydrogen) atoms. The number of methoxy groups -OCH3 is 2. The van der Waals surface area contributed by atoms with Gasteiger partial charge < -0.3 is 14.8 Å². The Kier molecular flexibility index (Phi) is 5.40. The summed E-state index contributed by atoms with van der Waals surface area (Å²) in [6.07, 6.45) is 2.83. The SMILES string of the molecule is COc1ccc(NC(=O)N2C=CC(=O)CC2c2cccc(F)c2)cc1OC. The van der Waals surface area contributed by atoms with Gasteiger partial charge in [0.15, 0.2) is 17.3 Å². The molecule has 140 valence electrons. The zero-order valence-electron chi connectivity index (χ0n) is 14.9. The number of allylic oxidation sites excluding steroid dienone is 1. The molecule has 0 spiro atoms. The third kappa shape index (κ3) is 4.08. The second kappa shape index (κ2) is 7.90. The summed E-state index contributed by atoms with van der Waals surface area (Å²) in [6, 6.07) is 9.84. The number of carbonyl (C=O) groups is 2. The van der Waals surface area contributed by atoms with E-state index in [-0.39, 0.29) is 12.2 Å². The molecule has 1 heterocycles. The summed E-state index contributed by atoms with van der Waals surface area (Å²) in [5, 5.41) is 2.76. The van der Waals surface area contributed by atoms with Crippen LogP contribution in [0.5, 0.6) is 11.5 Å². The average Bonchev–Trinajstić information content (AvgIpc) is 2.67. The lowest BCUT2D eigenvalue weighted by molar-refractivity contribution is -0.116. The maximum absolute atomic E-state index is 13.6. The van der Waals surface area contributed by atoms with Gasteiger partial charge in [0.2, 0.25) is 0 Å². The zero-order chi connectivity index (χ0) is 19.4. The van der Waals surface area contributed by atoms with Gasteiger partial charge in [0.1, 0.15) is 5.82 Å². The topological polar surface area (TPSA) is 67.9 Å². The van der Waals surface area contributed by atoms with Gasteiger partial charge in [0.25, 0.3) is 0 Å². The molecule has 1 unspecified atom stereocenters. The Hall–Kier alpha value is -3.35. The zero-order valence-corrected chi connectivity index (χ0v) is 14.9. The lowest BCUT2D eigenvalue weighted by Gasteiger charge is -2.31. The van der Waals surface area contributed by atoms with Gasteiger partial charge >= 0.3 is 6.03 Å². The lowest BCUT2D eigenvalue weighted by Crippen LogP contribution is -2.37. The summed E-state index contributed by atoms with van der Waals surface area (Å²) in [5.74, 6) is 0.465. The molecule has 2 aromatic carbocycles. The molecule has 1 N–H and O–H groups in total. The highest BCUT2D eigenvalue weighted by Crippen LogP contribution is 2.32. The van der Waals surface area contributed by atoms with Crippen LogP contribution < -0.4 is 14.8 Å². The smallest absolute Gasteiger partial charge is 0.326 e. The standard InChI is InChI=1S/C20H19FN2O4/c1-26-18-7-6-15(11-19(18)27-2)22-20(25)23-9-8-16(24)12-17(23)13-4-3-5-14(21)10-13/h3-11,17H,12H2,1-2H3,(H,22,25). The summed E-state index contributed by atoms with van der Waals surface area (Å²) in [6.45, 7) is 0. The van der Waals surface area contributed by atoms with E-state index in [0.717, 1.165) is 0 Å². The summed E-state index contributed by atoms with van der Waals surface area (Å²) in [5.41, 5.74) is 1.05. The number of benzene rings is 2. The fraction of sp³-hybridized carbons (Fsp3) is 0.200. The molecule has 1 aliphatic rings. The molecule has 0 aromatic heterocycles. The first-order chi connectivity index (χ1) is 13.0. The van der Waals surface area contributed by atoms with Crippen LogP contribution >= 0.6 is 0 Å². The molecule has 0 fully saturated rings. The monoisotopic (exact) mass is 370 g/mol. The molecular weight excluding hydrogens is 351 g/mol. The van der Waals surface area contributed by atoms with E-state index in [1.807, 2.05) is 0 Å². The maximum Gasteiger partial charge on any atom is 0.326 e. The van der Waals surface area contributed by atoms with Crippen LogP contribution in [0.25, 0.3) is 0 Å². The van der Waals surface area contributed by atoms with Crippen LogP contribution in [-0.2, 0) is 4.79 Å². The number of carbonyl (C=O) groups excluding carboxylic acids is 2. The number of nitrogens with one attached hydrogen (secondary N) is 1. The van der Waals surface area contributed by atoms with Gasteiger partial charge in [-0.2, -0.15) is 0 Å². The fourth-order valence-electron chi connectivity index (χ4n) is 2.93. The van der Waals surface area contributed by atoms with Crippen LogP contribution in [0.4, 0.5) is 14.9 Å². The first-order valence-electron chi connectivity index (χ1n) is 8.29. The molecule has 1 aliphatic heterocycles. The van der Waals surface area contributed by atoms with Crippen molar-refractivity contribution in [3.8, 4) is 11.5 Å². The van der Waals surface area contributed by atoms with Crippen molar-refractivity contribution >= 4 is 17.5 Å². The Balaban J connectivity index is 1.85. The Labute approximate surface area is 156 Å². The Bertz CT molecular complexity index is 897. The molecule has 2 amide bonds. The lowest BCUT2D eigenvalue weighted by atomic mass is 9.97. The number of nitrogens with zero attached hydrogens (tertiary/aromatic N) is 1. The van der Waals surface area contributed by atoms with E-state index in [4.69, 9.17) is 9.47 Å². The van der Waals surface area contributed by atoms with Crippen molar-refractivity contribution in [1.29, 1.82) is 0 Å². The van der Waals surface area contributed by atoms with E-state index in [0.29, 0.717) is 22.7 Å². The number of halogens is 1. The number of ether oxygens (including phenoxy) is 2. The molecular formula is C20H19FN2O4. The third-order valence-electron chi connectivity index (χ3n) is 4.25. The normalized spacial score (nSPS) is 16.2. The van der Waals surface area contributed by atoms with E-state index in [1.54, 1.807) is 30.3 Å². The van der Waals surface area contributed by atoms with Gasteiger partial charge in [-0.1, -0.05) is 12.1 Å².